The SMILES string of the molecule is CC(C)(C)c1csc(CCNC(=O)NCc2cccnc2)n1. The van der Waals surface area contributed by atoms with Crippen molar-refractivity contribution in [2.24, 2.45) is 0 Å². The lowest BCUT2D eigenvalue weighted by molar-refractivity contribution is 0.240. The van der Waals surface area contributed by atoms with Gasteiger partial charge in [0.05, 0.1) is 10.7 Å². The van der Waals surface area contributed by atoms with Gasteiger partial charge >= 0.3 is 6.03 Å². The van der Waals surface area contributed by atoms with Crippen LogP contribution in [0.25, 0.3) is 0 Å². The Hall–Kier alpha value is -1.95. The van der Waals surface area contributed by atoms with Crippen molar-refractivity contribution < 1.29 is 4.79 Å². The molecule has 2 N–H and O–H groups in total. The standard InChI is InChI=1S/C16H22N4OS/c1-16(2,3)13-11-22-14(20-13)6-8-18-15(21)19-10-12-5-4-7-17-9-12/h4-5,7,9,11H,6,8,10H2,1-3H3,(H2,18,19,21). The van der Waals surface area contributed by atoms with E-state index in [-0.39, 0.29) is 11.4 Å². The van der Waals surface area contributed by atoms with E-state index in [0.29, 0.717) is 13.1 Å². The highest BCUT2D eigenvalue weighted by atomic mass is 32.1. The Bertz CT molecular complexity index is 604. The second kappa shape index (κ2) is 7.35. The van der Waals surface area contributed by atoms with Crippen LogP contribution in [-0.4, -0.2) is 22.5 Å². The maximum atomic E-state index is 11.7. The van der Waals surface area contributed by atoms with Gasteiger partial charge in [0.15, 0.2) is 0 Å². The first-order valence-corrected chi connectivity index (χ1v) is 8.18. The van der Waals surface area contributed by atoms with Crippen LogP contribution in [-0.2, 0) is 18.4 Å². The number of amides is 2. The third-order valence-electron chi connectivity index (χ3n) is 3.12. The van der Waals surface area contributed by atoms with Crippen molar-refractivity contribution in [2.45, 2.75) is 39.2 Å². The van der Waals surface area contributed by atoms with Gasteiger partial charge in [-0.2, -0.15) is 0 Å². The smallest absolute Gasteiger partial charge is 0.315 e. The van der Waals surface area contributed by atoms with Gasteiger partial charge in [0.1, 0.15) is 0 Å². The molecule has 0 radical (unpaired) electrons. The van der Waals surface area contributed by atoms with E-state index in [9.17, 15) is 4.79 Å². The summed E-state index contributed by atoms with van der Waals surface area (Å²) in [6.07, 6.45) is 4.20. The van der Waals surface area contributed by atoms with Gasteiger partial charge in [-0.15, -0.1) is 11.3 Å². The molecule has 2 aromatic rings. The zero-order valence-electron chi connectivity index (χ0n) is 13.2. The zero-order valence-corrected chi connectivity index (χ0v) is 14.0. The van der Waals surface area contributed by atoms with E-state index in [1.165, 1.54) is 0 Å². The molecule has 5 nitrogen and oxygen atoms in total. The number of rotatable bonds is 5. The van der Waals surface area contributed by atoms with E-state index in [4.69, 9.17) is 0 Å². The van der Waals surface area contributed by atoms with Crippen molar-refractivity contribution in [3.8, 4) is 0 Å². The quantitative estimate of drug-likeness (QED) is 0.891. The third-order valence-corrected chi connectivity index (χ3v) is 4.03. The highest BCUT2D eigenvalue weighted by Gasteiger charge is 2.17. The minimum Gasteiger partial charge on any atom is -0.338 e. The van der Waals surface area contributed by atoms with E-state index < -0.39 is 0 Å². The monoisotopic (exact) mass is 318 g/mol. The van der Waals surface area contributed by atoms with Crippen LogP contribution in [0.2, 0.25) is 0 Å². The number of hydrogen-bond donors (Lipinski definition) is 2. The molecule has 118 valence electrons. The van der Waals surface area contributed by atoms with E-state index in [2.05, 4.69) is 46.8 Å². The lowest BCUT2D eigenvalue weighted by atomic mass is 9.93. The molecule has 0 fully saturated rings. The fourth-order valence-electron chi connectivity index (χ4n) is 1.80. The Labute approximate surface area is 135 Å². The highest BCUT2D eigenvalue weighted by molar-refractivity contribution is 7.09. The van der Waals surface area contributed by atoms with Crippen molar-refractivity contribution in [1.82, 2.24) is 20.6 Å². The number of nitrogens with one attached hydrogen (secondary N) is 2. The van der Waals surface area contributed by atoms with Crippen molar-refractivity contribution in [1.29, 1.82) is 0 Å². The first-order valence-electron chi connectivity index (χ1n) is 7.30. The van der Waals surface area contributed by atoms with E-state index in [0.717, 1.165) is 22.7 Å². The Balaban J connectivity index is 1.70. The Kier molecular flexibility index (Phi) is 5.49. The number of thiazole rings is 1. The average Bonchev–Trinajstić information content (AvgIpc) is 2.95. The molecular formula is C16H22N4OS. The Morgan fingerprint density at radius 2 is 2.14 bits per heavy atom. The number of urea groups is 1. The van der Waals surface area contributed by atoms with E-state index in [1.807, 2.05) is 12.1 Å². The number of pyridine rings is 1. The number of carbonyl (C=O) groups excluding carboxylic acids is 1. The second-order valence-electron chi connectivity index (χ2n) is 6.10. The van der Waals surface area contributed by atoms with Gasteiger partial charge in [-0.25, -0.2) is 9.78 Å². The van der Waals surface area contributed by atoms with Gasteiger partial charge in [-0.1, -0.05) is 26.8 Å². The van der Waals surface area contributed by atoms with Crippen molar-refractivity contribution in [2.75, 3.05) is 6.54 Å². The Morgan fingerprint density at radius 3 is 2.77 bits per heavy atom. The van der Waals surface area contributed by atoms with Gasteiger partial charge in [0.25, 0.3) is 0 Å². The molecule has 2 heterocycles. The van der Waals surface area contributed by atoms with Crippen molar-refractivity contribution in [3.05, 3.63) is 46.2 Å². The molecule has 2 rings (SSSR count). The molecule has 6 heteroatoms. The molecule has 0 saturated heterocycles. The molecule has 0 aromatic carbocycles. The minimum atomic E-state index is -0.170. The zero-order chi connectivity index (χ0) is 16.0. The summed E-state index contributed by atoms with van der Waals surface area (Å²) in [7, 11) is 0. The molecule has 0 atom stereocenters. The van der Waals surface area contributed by atoms with Gasteiger partial charge in [0, 0.05) is 42.7 Å². The number of aromatic nitrogens is 2. The predicted octanol–water partition coefficient (Wildman–Crippen LogP) is 2.88. The molecule has 0 aliphatic heterocycles. The third kappa shape index (κ3) is 5.11. The van der Waals surface area contributed by atoms with Gasteiger partial charge in [-0.05, 0) is 11.6 Å². The summed E-state index contributed by atoms with van der Waals surface area (Å²) in [6.45, 7) is 7.50. The number of carbonyl (C=O) groups is 1. The van der Waals surface area contributed by atoms with Crippen molar-refractivity contribution >= 4 is 17.4 Å². The second-order valence-corrected chi connectivity index (χ2v) is 7.04. The molecule has 0 aliphatic rings. The average molecular weight is 318 g/mol. The van der Waals surface area contributed by atoms with Gasteiger partial charge < -0.3 is 10.6 Å². The van der Waals surface area contributed by atoms with E-state index in [1.54, 1.807) is 23.7 Å². The van der Waals surface area contributed by atoms with Crippen LogP contribution in [0.5, 0.6) is 0 Å². The lowest BCUT2D eigenvalue weighted by Crippen LogP contribution is -2.36. The summed E-state index contributed by atoms with van der Waals surface area (Å²) in [6, 6.07) is 3.61. The minimum absolute atomic E-state index is 0.0727. The largest absolute Gasteiger partial charge is 0.338 e. The topological polar surface area (TPSA) is 66.9 Å². The fraction of sp³-hybridized carbons (Fsp3) is 0.438. The Morgan fingerprint density at radius 1 is 1.32 bits per heavy atom. The number of hydrogen-bond acceptors (Lipinski definition) is 4. The van der Waals surface area contributed by atoms with Crippen LogP contribution in [0, 0.1) is 0 Å². The maximum Gasteiger partial charge on any atom is 0.315 e. The van der Waals surface area contributed by atoms with Crippen LogP contribution >= 0.6 is 11.3 Å². The van der Waals surface area contributed by atoms with Gasteiger partial charge in [-0.3, -0.25) is 4.98 Å². The molecule has 0 aliphatic carbocycles. The molecule has 22 heavy (non-hydrogen) atoms. The highest BCUT2D eigenvalue weighted by Crippen LogP contribution is 2.23. The molecular weight excluding hydrogens is 296 g/mol. The normalized spacial score (nSPS) is 11.2. The summed E-state index contributed by atoms with van der Waals surface area (Å²) in [5.74, 6) is 0. The molecule has 0 saturated carbocycles. The van der Waals surface area contributed by atoms with Crippen LogP contribution in [0.1, 0.15) is 37.0 Å². The van der Waals surface area contributed by atoms with Gasteiger partial charge in [0.2, 0.25) is 0 Å². The lowest BCUT2D eigenvalue weighted by Gasteiger charge is -2.14. The maximum absolute atomic E-state index is 11.7. The molecule has 2 amide bonds. The molecule has 0 unspecified atom stereocenters. The summed E-state index contributed by atoms with van der Waals surface area (Å²) >= 11 is 1.65. The summed E-state index contributed by atoms with van der Waals surface area (Å²) < 4.78 is 0. The van der Waals surface area contributed by atoms with Crippen molar-refractivity contribution in [3.63, 3.8) is 0 Å². The van der Waals surface area contributed by atoms with E-state index >= 15 is 0 Å². The summed E-state index contributed by atoms with van der Waals surface area (Å²) in [5.41, 5.74) is 2.16. The molecule has 0 bridgehead atoms. The summed E-state index contributed by atoms with van der Waals surface area (Å²) in [4.78, 5) is 20.3. The van der Waals surface area contributed by atoms with Crippen LogP contribution in [0.15, 0.2) is 29.9 Å². The van der Waals surface area contributed by atoms with Crippen LogP contribution in [0.3, 0.4) is 0 Å². The number of nitrogens with zero attached hydrogens (tertiary/aromatic N) is 2. The predicted molar refractivity (Wildman–Crippen MR) is 89.0 cm³/mol. The molecule has 0 spiro atoms. The first-order chi connectivity index (χ1) is 10.4. The first kappa shape index (κ1) is 16.4. The van der Waals surface area contributed by atoms with Crippen LogP contribution in [0.4, 0.5) is 4.79 Å². The van der Waals surface area contributed by atoms with Crippen LogP contribution < -0.4 is 10.6 Å². The summed E-state index contributed by atoms with van der Waals surface area (Å²) in [5, 5.41) is 8.80. The molecule has 2 aromatic heterocycles. The fourth-order valence-corrected chi connectivity index (χ4v) is 2.83.